The van der Waals surface area contributed by atoms with Crippen molar-refractivity contribution in [2.24, 2.45) is 0 Å². The molecule has 1 fully saturated rings. The molecule has 1 atom stereocenters. The summed E-state index contributed by atoms with van der Waals surface area (Å²) >= 11 is 0. The van der Waals surface area contributed by atoms with E-state index in [-0.39, 0.29) is 17.6 Å². The largest absolute Gasteiger partial charge is 0.497 e. The summed E-state index contributed by atoms with van der Waals surface area (Å²) in [7, 11) is 1.58. The van der Waals surface area contributed by atoms with Crippen LogP contribution in [0.1, 0.15) is 27.6 Å². The first kappa shape index (κ1) is 18.3. The van der Waals surface area contributed by atoms with Gasteiger partial charge in [0, 0.05) is 12.1 Å². The van der Waals surface area contributed by atoms with Gasteiger partial charge < -0.3 is 14.4 Å². The van der Waals surface area contributed by atoms with E-state index in [0.29, 0.717) is 19.7 Å². The molecule has 26 heavy (non-hydrogen) atoms. The summed E-state index contributed by atoms with van der Waals surface area (Å²) in [5.74, 6) is 0.419. The number of carbonyl (C=O) groups excluding carboxylic acids is 1. The van der Waals surface area contributed by atoms with E-state index in [1.807, 2.05) is 24.3 Å². The molecule has 1 aliphatic heterocycles. The molecule has 1 amide bonds. The predicted octanol–water partition coefficient (Wildman–Crippen LogP) is 3.93. The molecule has 4 nitrogen and oxygen atoms in total. The number of methoxy groups -OCH3 is 1. The molecule has 0 radical (unpaired) electrons. The highest BCUT2D eigenvalue weighted by Crippen LogP contribution is 2.30. The summed E-state index contributed by atoms with van der Waals surface area (Å²) in [6.45, 7) is 1.10. The van der Waals surface area contributed by atoms with Gasteiger partial charge >= 0.3 is 6.18 Å². The average molecular weight is 365 g/mol. The number of hydrogen-bond acceptors (Lipinski definition) is 3. The summed E-state index contributed by atoms with van der Waals surface area (Å²) < 4.78 is 48.8. The summed E-state index contributed by atoms with van der Waals surface area (Å²) in [5.41, 5.74) is 0.372. The number of rotatable bonds is 3. The quantitative estimate of drug-likeness (QED) is 0.827. The normalized spacial score (nSPS) is 17.8. The lowest BCUT2D eigenvalue weighted by Gasteiger charge is -2.33. The van der Waals surface area contributed by atoms with Gasteiger partial charge in [-0.25, -0.2) is 0 Å². The maximum atomic E-state index is 12.6. The maximum Gasteiger partial charge on any atom is 0.416 e. The van der Waals surface area contributed by atoms with Gasteiger partial charge in [-0.15, -0.1) is 0 Å². The zero-order valence-corrected chi connectivity index (χ0v) is 14.1. The van der Waals surface area contributed by atoms with Crippen LogP contribution in [0.4, 0.5) is 13.2 Å². The number of carbonyl (C=O) groups is 1. The van der Waals surface area contributed by atoms with Gasteiger partial charge in [0.15, 0.2) is 0 Å². The minimum absolute atomic E-state index is 0.230. The van der Waals surface area contributed by atoms with Crippen LogP contribution in [0, 0.1) is 0 Å². The summed E-state index contributed by atoms with van der Waals surface area (Å²) in [6.07, 6.45) is -4.70. The van der Waals surface area contributed by atoms with E-state index in [4.69, 9.17) is 9.47 Å². The molecule has 1 unspecified atom stereocenters. The fourth-order valence-corrected chi connectivity index (χ4v) is 2.84. The standard InChI is InChI=1S/C19H18F3NO3/c1-25-16-8-4-13(5-9-16)17-12-23(10-11-26-17)18(24)14-2-6-15(7-3-14)19(20,21)22/h2-9,17H,10-12H2,1H3. The van der Waals surface area contributed by atoms with Gasteiger partial charge in [-0.05, 0) is 42.0 Å². The van der Waals surface area contributed by atoms with E-state index >= 15 is 0 Å². The number of nitrogens with zero attached hydrogens (tertiary/aromatic N) is 1. The highest BCUT2D eigenvalue weighted by atomic mass is 19.4. The van der Waals surface area contributed by atoms with Crippen LogP contribution in [0.5, 0.6) is 5.75 Å². The van der Waals surface area contributed by atoms with Crippen LogP contribution in [0.15, 0.2) is 48.5 Å². The zero-order valence-electron chi connectivity index (χ0n) is 14.1. The Balaban J connectivity index is 1.71. The molecule has 1 aliphatic rings. The van der Waals surface area contributed by atoms with Gasteiger partial charge in [0.2, 0.25) is 0 Å². The van der Waals surface area contributed by atoms with E-state index in [2.05, 4.69) is 0 Å². The van der Waals surface area contributed by atoms with Crippen molar-refractivity contribution in [1.29, 1.82) is 0 Å². The summed E-state index contributed by atoms with van der Waals surface area (Å²) in [4.78, 5) is 14.2. The Morgan fingerprint density at radius 1 is 1.12 bits per heavy atom. The van der Waals surface area contributed by atoms with Crippen molar-refractivity contribution >= 4 is 5.91 Å². The number of hydrogen-bond donors (Lipinski definition) is 0. The van der Waals surface area contributed by atoms with Crippen LogP contribution >= 0.6 is 0 Å². The second-order valence-electron chi connectivity index (χ2n) is 5.96. The first-order valence-electron chi connectivity index (χ1n) is 8.10. The predicted molar refractivity (Wildman–Crippen MR) is 89.0 cm³/mol. The number of benzene rings is 2. The topological polar surface area (TPSA) is 38.8 Å². The molecule has 0 N–H and O–H groups in total. The molecule has 0 aromatic heterocycles. The van der Waals surface area contributed by atoms with Crippen molar-refractivity contribution in [3.05, 3.63) is 65.2 Å². The highest BCUT2D eigenvalue weighted by molar-refractivity contribution is 5.94. The minimum atomic E-state index is -4.42. The second-order valence-corrected chi connectivity index (χ2v) is 5.96. The van der Waals surface area contributed by atoms with Crippen LogP contribution in [0.2, 0.25) is 0 Å². The van der Waals surface area contributed by atoms with Crippen molar-refractivity contribution in [1.82, 2.24) is 4.90 Å². The smallest absolute Gasteiger partial charge is 0.416 e. The number of alkyl halides is 3. The summed E-state index contributed by atoms with van der Waals surface area (Å²) in [6, 6.07) is 11.6. The van der Waals surface area contributed by atoms with Crippen LogP contribution in [0.3, 0.4) is 0 Å². The van der Waals surface area contributed by atoms with Crippen molar-refractivity contribution in [2.45, 2.75) is 12.3 Å². The van der Waals surface area contributed by atoms with Gasteiger partial charge in [0.25, 0.3) is 5.91 Å². The van der Waals surface area contributed by atoms with Crippen molar-refractivity contribution in [3.63, 3.8) is 0 Å². The van der Waals surface area contributed by atoms with Gasteiger partial charge in [-0.2, -0.15) is 13.2 Å². The average Bonchev–Trinajstić information content (AvgIpc) is 2.67. The van der Waals surface area contributed by atoms with Crippen LogP contribution in [0.25, 0.3) is 0 Å². The third kappa shape index (κ3) is 3.99. The Morgan fingerprint density at radius 2 is 1.77 bits per heavy atom. The van der Waals surface area contributed by atoms with E-state index in [9.17, 15) is 18.0 Å². The van der Waals surface area contributed by atoms with Crippen molar-refractivity contribution in [2.75, 3.05) is 26.8 Å². The molecule has 0 bridgehead atoms. The monoisotopic (exact) mass is 365 g/mol. The molecule has 3 rings (SSSR count). The molecule has 0 aliphatic carbocycles. The third-order valence-electron chi connectivity index (χ3n) is 4.30. The highest BCUT2D eigenvalue weighted by Gasteiger charge is 2.31. The van der Waals surface area contributed by atoms with Crippen LogP contribution < -0.4 is 4.74 Å². The molecular formula is C19H18F3NO3. The fourth-order valence-electron chi connectivity index (χ4n) is 2.84. The van der Waals surface area contributed by atoms with Gasteiger partial charge in [0.1, 0.15) is 11.9 Å². The van der Waals surface area contributed by atoms with E-state index < -0.39 is 11.7 Å². The number of ether oxygens (including phenoxy) is 2. The molecule has 1 heterocycles. The number of halogens is 3. The zero-order chi connectivity index (χ0) is 18.7. The van der Waals surface area contributed by atoms with E-state index in [1.165, 1.54) is 12.1 Å². The molecule has 2 aromatic carbocycles. The van der Waals surface area contributed by atoms with Gasteiger partial charge in [-0.3, -0.25) is 4.79 Å². The molecule has 138 valence electrons. The maximum absolute atomic E-state index is 12.6. The second kappa shape index (κ2) is 7.37. The van der Waals surface area contributed by atoms with Crippen LogP contribution in [-0.2, 0) is 10.9 Å². The van der Waals surface area contributed by atoms with Gasteiger partial charge in [-0.1, -0.05) is 12.1 Å². The first-order valence-corrected chi connectivity index (χ1v) is 8.10. The Labute approximate surface area is 149 Å². The Morgan fingerprint density at radius 3 is 2.35 bits per heavy atom. The summed E-state index contributed by atoms with van der Waals surface area (Å²) in [5, 5.41) is 0. The minimum Gasteiger partial charge on any atom is -0.497 e. The third-order valence-corrected chi connectivity index (χ3v) is 4.30. The van der Waals surface area contributed by atoms with Gasteiger partial charge in [0.05, 0.1) is 25.8 Å². The Hall–Kier alpha value is -2.54. The Kier molecular flexibility index (Phi) is 5.18. The van der Waals surface area contributed by atoms with Crippen molar-refractivity contribution in [3.8, 4) is 5.75 Å². The molecule has 1 saturated heterocycles. The van der Waals surface area contributed by atoms with E-state index in [1.54, 1.807) is 12.0 Å². The molecule has 7 heteroatoms. The van der Waals surface area contributed by atoms with Crippen molar-refractivity contribution < 1.29 is 27.4 Å². The fraction of sp³-hybridized carbons (Fsp3) is 0.316. The molecular weight excluding hydrogens is 347 g/mol. The lowest BCUT2D eigenvalue weighted by molar-refractivity contribution is -0.137. The van der Waals surface area contributed by atoms with Crippen LogP contribution in [-0.4, -0.2) is 37.6 Å². The number of amides is 1. The lowest BCUT2D eigenvalue weighted by atomic mass is 10.1. The first-order chi connectivity index (χ1) is 12.4. The molecule has 0 spiro atoms. The lowest BCUT2D eigenvalue weighted by Crippen LogP contribution is -2.42. The molecule has 0 saturated carbocycles. The number of morpholine rings is 1. The van der Waals surface area contributed by atoms with E-state index in [0.717, 1.165) is 23.4 Å². The Bertz CT molecular complexity index is 757. The molecule has 2 aromatic rings. The SMILES string of the molecule is COc1ccc(C2CN(C(=O)c3ccc(C(F)(F)F)cc3)CCO2)cc1.